The summed E-state index contributed by atoms with van der Waals surface area (Å²) in [5.74, 6) is 1.25. The molecule has 0 heterocycles. The molecule has 2 heteroatoms. The third-order valence-corrected chi connectivity index (χ3v) is 4.86. The van der Waals surface area contributed by atoms with Crippen LogP contribution < -0.4 is 0 Å². The lowest BCUT2D eigenvalue weighted by Gasteiger charge is -2.11. The molecule has 1 aromatic carbocycles. The predicted octanol–water partition coefficient (Wildman–Crippen LogP) is 6.78. The Labute approximate surface area is 160 Å². The molecular formula is C24H36O2. The van der Waals surface area contributed by atoms with Crippen molar-refractivity contribution < 1.29 is 9.53 Å². The SMILES string of the molecule is CCC(C)CCCC(C)C/C=C/C(C)=C/C(=O)OCc1ccc(C)cc1. The fraction of sp³-hybridized carbons (Fsp3) is 0.542. The molecule has 144 valence electrons. The highest BCUT2D eigenvalue weighted by atomic mass is 16.5. The minimum atomic E-state index is -0.283. The maximum Gasteiger partial charge on any atom is 0.331 e. The van der Waals surface area contributed by atoms with Crippen LogP contribution in [0.25, 0.3) is 0 Å². The number of esters is 1. The smallest absolute Gasteiger partial charge is 0.331 e. The lowest BCUT2D eigenvalue weighted by atomic mass is 9.95. The Morgan fingerprint density at radius 1 is 1.12 bits per heavy atom. The van der Waals surface area contributed by atoms with Gasteiger partial charge in [-0.1, -0.05) is 88.4 Å². The second-order valence-electron chi connectivity index (χ2n) is 7.67. The zero-order chi connectivity index (χ0) is 19.4. The van der Waals surface area contributed by atoms with Crippen LogP contribution in [0, 0.1) is 18.8 Å². The van der Waals surface area contributed by atoms with Crippen LogP contribution in [0.2, 0.25) is 0 Å². The van der Waals surface area contributed by atoms with Crippen molar-refractivity contribution in [2.24, 2.45) is 11.8 Å². The maximum atomic E-state index is 11.9. The van der Waals surface area contributed by atoms with Crippen LogP contribution in [0.3, 0.4) is 0 Å². The molecule has 0 aliphatic carbocycles. The van der Waals surface area contributed by atoms with Crippen LogP contribution in [0.15, 0.2) is 48.1 Å². The first-order valence-corrected chi connectivity index (χ1v) is 9.97. The first-order chi connectivity index (χ1) is 12.4. The second-order valence-corrected chi connectivity index (χ2v) is 7.67. The number of hydrogen-bond acceptors (Lipinski definition) is 2. The van der Waals surface area contributed by atoms with E-state index in [9.17, 15) is 4.79 Å². The largest absolute Gasteiger partial charge is 0.458 e. The number of carbonyl (C=O) groups is 1. The highest BCUT2D eigenvalue weighted by Crippen LogP contribution is 2.17. The van der Waals surface area contributed by atoms with Crippen LogP contribution >= 0.6 is 0 Å². The summed E-state index contributed by atoms with van der Waals surface area (Å²) in [5, 5.41) is 0. The lowest BCUT2D eigenvalue weighted by molar-refractivity contribution is -0.139. The van der Waals surface area contributed by atoms with Crippen molar-refractivity contribution >= 4 is 5.97 Å². The molecule has 0 saturated carbocycles. The number of rotatable bonds is 11. The first kappa shape index (κ1) is 22.2. The van der Waals surface area contributed by atoms with E-state index in [-0.39, 0.29) is 5.97 Å². The standard InChI is InChI=1S/C24H36O2/c1-6-19(2)9-7-10-20(3)11-8-12-22(5)17-24(25)26-18-23-15-13-21(4)14-16-23/h8,12-17,19-20H,6-7,9-11,18H2,1-5H3/b12-8+,22-17+. The molecule has 1 aromatic rings. The molecule has 26 heavy (non-hydrogen) atoms. The minimum Gasteiger partial charge on any atom is -0.458 e. The van der Waals surface area contributed by atoms with Crippen LogP contribution in [-0.2, 0) is 16.1 Å². The van der Waals surface area contributed by atoms with Gasteiger partial charge in [0.1, 0.15) is 6.61 Å². The first-order valence-electron chi connectivity index (χ1n) is 9.97. The molecule has 1 rings (SSSR count). The Morgan fingerprint density at radius 2 is 1.77 bits per heavy atom. The van der Waals surface area contributed by atoms with Gasteiger partial charge in [0.05, 0.1) is 0 Å². The van der Waals surface area contributed by atoms with Crippen molar-refractivity contribution in [1.29, 1.82) is 0 Å². The van der Waals surface area contributed by atoms with Crippen LogP contribution in [0.1, 0.15) is 70.9 Å². The number of allylic oxidation sites excluding steroid dienone is 3. The number of ether oxygens (including phenoxy) is 1. The number of hydrogen-bond donors (Lipinski definition) is 0. The molecule has 0 aliphatic rings. The number of benzene rings is 1. The highest BCUT2D eigenvalue weighted by molar-refractivity contribution is 5.83. The van der Waals surface area contributed by atoms with Gasteiger partial charge in [-0.15, -0.1) is 0 Å². The van der Waals surface area contributed by atoms with Gasteiger partial charge in [-0.2, -0.15) is 0 Å². The molecule has 0 radical (unpaired) electrons. The summed E-state index contributed by atoms with van der Waals surface area (Å²) in [6.07, 6.45) is 12.0. The summed E-state index contributed by atoms with van der Waals surface area (Å²) < 4.78 is 5.30. The van der Waals surface area contributed by atoms with E-state index < -0.39 is 0 Å². The number of aryl methyl sites for hydroxylation is 1. The van der Waals surface area contributed by atoms with Gasteiger partial charge in [0.15, 0.2) is 0 Å². The van der Waals surface area contributed by atoms with Crippen molar-refractivity contribution in [2.75, 3.05) is 0 Å². The lowest BCUT2D eigenvalue weighted by Crippen LogP contribution is -2.01. The van der Waals surface area contributed by atoms with E-state index in [0.29, 0.717) is 12.5 Å². The van der Waals surface area contributed by atoms with Crippen LogP contribution in [0.5, 0.6) is 0 Å². The van der Waals surface area contributed by atoms with Gasteiger partial charge in [-0.05, 0) is 43.2 Å². The van der Waals surface area contributed by atoms with E-state index in [2.05, 4.69) is 26.8 Å². The van der Waals surface area contributed by atoms with Crippen molar-refractivity contribution in [2.45, 2.75) is 73.3 Å². The van der Waals surface area contributed by atoms with Gasteiger partial charge < -0.3 is 4.74 Å². The molecule has 0 N–H and O–H groups in total. The van der Waals surface area contributed by atoms with E-state index >= 15 is 0 Å². The predicted molar refractivity (Wildman–Crippen MR) is 111 cm³/mol. The topological polar surface area (TPSA) is 26.3 Å². The summed E-state index contributed by atoms with van der Waals surface area (Å²) in [5.41, 5.74) is 3.15. The van der Waals surface area contributed by atoms with Crippen LogP contribution in [0.4, 0.5) is 0 Å². The third-order valence-electron chi connectivity index (χ3n) is 4.86. The van der Waals surface area contributed by atoms with E-state index in [1.807, 2.05) is 44.2 Å². The summed E-state index contributed by atoms with van der Waals surface area (Å²) in [6.45, 7) is 11.2. The van der Waals surface area contributed by atoms with E-state index in [4.69, 9.17) is 4.74 Å². The van der Waals surface area contributed by atoms with Gasteiger partial charge >= 0.3 is 5.97 Å². The van der Waals surface area contributed by atoms with Gasteiger partial charge in [0.25, 0.3) is 0 Å². The van der Waals surface area contributed by atoms with Crippen molar-refractivity contribution in [1.82, 2.24) is 0 Å². The van der Waals surface area contributed by atoms with Crippen LogP contribution in [-0.4, -0.2) is 5.97 Å². The average molecular weight is 357 g/mol. The Balaban J connectivity index is 2.29. The summed E-state index contributed by atoms with van der Waals surface area (Å²) >= 11 is 0. The minimum absolute atomic E-state index is 0.283. The molecule has 0 amide bonds. The molecule has 0 aliphatic heterocycles. The van der Waals surface area contributed by atoms with E-state index in [0.717, 1.165) is 23.5 Å². The van der Waals surface area contributed by atoms with Gasteiger partial charge in [-0.3, -0.25) is 0 Å². The Hall–Kier alpha value is -1.83. The fourth-order valence-corrected chi connectivity index (χ4v) is 2.74. The molecular weight excluding hydrogens is 320 g/mol. The monoisotopic (exact) mass is 356 g/mol. The van der Waals surface area contributed by atoms with Gasteiger partial charge in [0, 0.05) is 6.08 Å². The Morgan fingerprint density at radius 3 is 2.42 bits per heavy atom. The van der Waals surface area contributed by atoms with Crippen molar-refractivity contribution in [3.8, 4) is 0 Å². The Bertz CT molecular complexity index is 581. The average Bonchev–Trinajstić information content (AvgIpc) is 2.61. The highest BCUT2D eigenvalue weighted by Gasteiger charge is 2.03. The molecule has 0 saturated heterocycles. The van der Waals surface area contributed by atoms with E-state index in [1.54, 1.807) is 6.08 Å². The van der Waals surface area contributed by atoms with Crippen molar-refractivity contribution in [3.63, 3.8) is 0 Å². The maximum absolute atomic E-state index is 11.9. The molecule has 0 aromatic heterocycles. The van der Waals surface area contributed by atoms with Gasteiger partial charge in [-0.25, -0.2) is 4.79 Å². The molecule has 0 fully saturated rings. The summed E-state index contributed by atoms with van der Waals surface area (Å²) in [7, 11) is 0. The van der Waals surface area contributed by atoms with Gasteiger partial charge in [0.2, 0.25) is 0 Å². The second kappa shape index (κ2) is 12.5. The quantitative estimate of drug-likeness (QED) is 0.248. The number of carbonyl (C=O) groups excluding carboxylic acids is 1. The van der Waals surface area contributed by atoms with Crippen molar-refractivity contribution in [3.05, 3.63) is 59.2 Å². The zero-order valence-electron chi connectivity index (χ0n) is 17.3. The molecule has 0 spiro atoms. The summed E-state index contributed by atoms with van der Waals surface area (Å²) in [4.78, 5) is 11.9. The molecule has 2 atom stereocenters. The fourth-order valence-electron chi connectivity index (χ4n) is 2.74. The molecule has 0 bridgehead atoms. The normalized spacial score (nSPS) is 14.4. The Kier molecular flexibility index (Phi) is 10.7. The summed E-state index contributed by atoms with van der Waals surface area (Å²) in [6, 6.07) is 8.03. The zero-order valence-corrected chi connectivity index (χ0v) is 17.3. The molecule has 2 unspecified atom stereocenters. The third kappa shape index (κ3) is 10.2. The van der Waals surface area contributed by atoms with E-state index in [1.165, 1.54) is 31.2 Å². The molecule has 2 nitrogen and oxygen atoms in total.